The van der Waals surface area contributed by atoms with Crippen molar-refractivity contribution >= 4 is 28.4 Å². The Kier molecular flexibility index (Phi) is 3.78. The van der Waals surface area contributed by atoms with Gasteiger partial charge < -0.3 is 9.80 Å². The van der Waals surface area contributed by atoms with Crippen molar-refractivity contribution in [3.05, 3.63) is 40.8 Å². The number of hydrogen-bond acceptors (Lipinski definition) is 3. The van der Waals surface area contributed by atoms with Crippen molar-refractivity contribution in [1.82, 2.24) is 14.8 Å². The maximum absolute atomic E-state index is 13.2. The van der Waals surface area contributed by atoms with Crippen LogP contribution >= 0.6 is 11.6 Å². The molecule has 1 fully saturated rings. The highest BCUT2D eigenvalue weighted by Crippen LogP contribution is 2.23. The zero-order valence-electron chi connectivity index (χ0n) is 11.6. The normalized spacial score (nSPS) is 16.4. The van der Waals surface area contributed by atoms with Crippen molar-refractivity contribution in [3.63, 3.8) is 0 Å². The molecule has 0 bridgehead atoms. The van der Waals surface area contributed by atoms with Crippen molar-refractivity contribution in [1.29, 1.82) is 0 Å². The molecule has 2 heterocycles. The summed E-state index contributed by atoms with van der Waals surface area (Å²) in [4.78, 5) is 20.6. The second-order valence-electron chi connectivity index (χ2n) is 5.26. The third-order valence-corrected chi connectivity index (χ3v) is 4.04. The molecule has 0 spiro atoms. The molecule has 0 unspecified atom stereocenters. The summed E-state index contributed by atoms with van der Waals surface area (Å²) in [7, 11) is 2.03. The van der Waals surface area contributed by atoms with Gasteiger partial charge >= 0.3 is 0 Å². The fourth-order valence-electron chi connectivity index (χ4n) is 2.45. The third-order valence-electron chi connectivity index (χ3n) is 3.75. The van der Waals surface area contributed by atoms with Gasteiger partial charge in [-0.25, -0.2) is 9.37 Å². The lowest BCUT2D eigenvalue weighted by Crippen LogP contribution is -2.47. The summed E-state index contributed by atoms with van der Waals surface area (Å²) < 4.78 is 13.2. The van der Waals surface area contributed by atoms with E-state index in [0.29, 0.717) is 29.6 Å². The number of benzene rings is 1. The van der Waals surface area contributed by atoms with Gasteiger partial charge in [0.05, 0.1) is 11.1 Å². The van der Waals surface area contributed by atoms with Crippen molar-refractivity contribution < 1.29 is 9.18 Å². The lowest BCUT2D eigenvalue weighted by atomic mass is 10.1. The number of nitrogens with zero attached hydrogens (tertiary/aromatic N) is 3. The monoisotopic (exact) mass is 307 g/mol. The Morgan fingerprint density at radius 1 is 1.24 bits per heavy atom. The molecule has 21 heavy (non-hydrogen) atoms. The first-order valence-corrected chi connectivity index (χ1v) is 7.16. The number of fused-ring (bicyclic) bond motifs is 1. The average molecular weight is 308 g/mol. The van der Waals surface area contributed by atoms with Crippen LogP contribution in [0.1, 0.15) is 10.4 Å². The van der Waals surface area contributed by atoms with E-state index in [2.05, 4.69) is 9.88 Å². The van der Waals surface area contributed by atoms with Gasteiger partial charge in [-0.15, -0.1) is 0 Å². The fourth-order valence-corrected chi connectivity index (χ4v) is 2.67. The highest BCUT2D eigenvalue weighted by Gasteiger charge is 2.23. The van der Waals surface area contributed by atoms with Gasteiger partial charge in [0.1, 0.15) is 11.0 Å². The fraction of sp³-hybridized carbons (Fsp3) is 0.333. The molecule has 110 valence electrons. The summed E-state index contributed by atoms with van der Waals surface area (Å²) in [6, 6.07) is 5.95. The number of aromatic nitrogens is 1. The van der Waals surface area contributed by atoms with Crippen LogP contribution in [-0.4, -0.2) is 53.9 Å². The van der Waals surface area contributed by atoms with Crippen LogP contribution in [0.25, 0.3) is 10.9 Å². The number of halogens is 2. The molecule has 6 heteroatoms. The Balaban J connectivity index is 1.94. The average Bonchev–Trinajstić information content (AvgIpc) is 2.46. The van der Waals surface area contributed by atoms with E-state index in [0.717, 1.165) is 13.1 Å². The summed E-state index contributed by atoms with van der Waals surface area (Å²) in [6.45, 7) is 3.03. The van der Waals surface area contributed by atoms with Crippen molar-refractivity contribution in [2.45, 2.75) is 0 Å². The van der Waals surface area contributed by atoms with Crippen LogP contribution < -0.4 is 0 Å². The molecule has 2 aromatic rings. The summed E-state index contributed by atoms with van der Waals surface area (Å²) in [5.74, 6) is -0.490. The lowest BCUT2D eigenvalue weighted by Gasteiger charge is -2.32. The van der Waals surface area contributed by atoms with Gasteiger partial charge in [-0.05, 0) is 25.2 Å². The predicted molar refractivity (Wildman–Crippen MR) is 80.1 cm³/mol. The Labute approximate surface area is 127 Å². The molecule has 1 saturated heterocycles. The van der Waals surface area contributed by atoms with Crippen molar-refractivity contribution in [3.8, 4) is 0 Å². The van der Waals surface area contributed by atoms with Crippen LogP contribution in [0.15, 0.2) is 24.3 Å². The summed E-state index contributed by atoms with van der Waals surface area (Å²) in [5, 5.41) is 0.829. The number of amides is 1. The number of carbonyl (C=O) groups is 1. The van der Waals surface area contributed by atoms with E-state index in [-0.39, 0.29) is 16.9 Å². The zero-order valence-corrected chi connectivity index (χ0v) is 12.4. The quantitative estimate of drug-likeness (QED) is 0.759. The molecule has 0 N–H and O–H groups in total. The minimum Gasteiger partial charge on any atom is -0.336 e. The van der Waals surface area contributed by atoms with Crippen LogP contribution in [0.4, 0.5) is 4.39 Å². The molecule has 3 rings (SSSR count). The van der Waals surface area contributed by atoms with E-state index in [1.54, 1.807) is 17.0 Å². The highest BCUT2D eigenvalue weighted by atomic mass is 35.5. The largest absolute Gasteiger partial charge is 0.336 e. The van der Waals surface area contributed by atoms with Crippen LogP contribution in [0, 0.1) is 5.82 Å². The molecule has 1 aliphatic rings. The minimum atomic E-state index is -0.371. The molecule has 0 atom stereocenters. The molecule has 0 radical (unpaired) electrons. The molecule has 1 amide bonds. The van der Waals surface area contributed by atoms with Crippen LogP contribution in [-0.2, 0) is 0 Å². The van der Waals surface area contributed by atoms with Crippen molar-refractivity contribution in [2.75, 3.05) is 33.2 Å². The van der Waals surface area contributed by atoms with Gasteiger partial charge in [0.25, 0.3) is 5.91 Å². The topological polar surface area (TPSA) is 36.4 Å². The number of hydrogen-bond donors (Lipinski definition) is 0. The molecule has 1 aromatic carbocycles. The van der Waals surface area contributed by atoms with E-state index in [1.165, 1.54) is 12.1 Å². The first-order chi connectivity index (χ1) is 10.0. The lowest BCUT2D eigenvalue weighted by molar-refractivity contribution is 0.0664. The molecular formula is C15H15ClFN3O. The number of piperazine rings is 1. The van der Waals surface area contributed by atoms with E-state index < -0.39 is 0 Å². The molecule has 1 aliphatic heterocycles. The van der Waals surface area contributed by atoms with Gasteiger partial charge in [-0.3, -0.25) is 4.79 Å². The second kappa shape index (κ2) is 5.58. The van der Waals surface area contributed by atoms with E-state index in [4.69, 9.17) is 11.6 Å². The summed E-state index contributed by atoms with van der Waals surface area (Å²) in [5.41, 5.74) is 0.829. The molecular weight excluding hydrogens is 293 g/mol. The van der Waals surface area contributed by atoms with Gasteiger partial charge in [0.2, 0.25) is 0 Å². The number of carbonyl (C=O) groups excluding carboxylic acids is 1. The van der Waals surface area contributed by atoms with Crippen LogP contribution in [0.2, 0.25) is 5.15 Å². The molecule has 4 nitrogen and oxygen atoms in total. The number of likely N-dealkylation sites (N-methyl/N-ethyl adjacent to an activating group) is 1. The maximum atomic E-state index is 13.2. The minimum absolute atomic E-state index is 0.119. The Bertz CT molecular complexity index is 699. The summed E-state index contributed by atoms with van der Waals surface area (Å²) >= 11 is 6.11. The molecule has 0 saturated carbocycles. The van der Waals surface area contributed by atoms with Gasteiger partial charge in [0, 0.05) is 37.6 Å². The van der Waals surface area contributed by atoms with Gasteiger partial charge in [-0.1, -0.05) is 11.6 Å². The molecule has 0 aliphatic carbocycles. The van der Waals surface area contributed by atoms with Gasteiger partial charge in [-0.2, -0.15) is 0 Å². The predicted octanol–water partition coefficient (Wildman–Crippen LogP) is 2.41. The molecule has 1 aromatic heterocycles. The zero-order chi connectivity index (χ0) is 15.0. The Morgan fingerprint density at radius 3 is 2.67 bits per heavy atom. The standard InChI is InChI=1S/C15H15ClFN3O/c1-19-4-6-20(7-5-19)15(21)12-8-10-2-3-11(17)9-13(10)18-14(12)16/h2-3,8-9H,4-7H2,1H3. The smallest absolute Gasteiger partial charge is 0.257 e. The van der Waals surface area contributed by atoms with Gasteiger partial charge in [0.15, 0.2) is 0 Å². The third kappa shape index (κ3) is 2.84. The maximum Gasteiger partial charge on any atom is 0.257 e. The SMILES string of the molecule is CN1CCN(C(=O)c2cc3ccc(F)cc3nc2Cl)CC1. The second-order valence-corrected chi connectivity index (χ2v) is 5.62. The van der Waals surface area contributed by atoms with Crippen molar-refractivity contribution in [2.24, 2.45) is 0 Å². The highest BCUT2D eigenvalue weighted by molar-refractivity contribution is 6.33. The van der Waals surface area contributed by atoms with E-state index >= 15 is 0 Å². The first-order valence-electron chi connectivity index (χ1n) is 6.78. The first kappa shape index (κ1) is 14.2. The van der Waals surface area contributed by atoms with E-state index in [9.17, 15) is 9.18 Å². The number of pyridine rings is 1. The number of rotatable bonds is 1. The Morgan fingerprint density at radius 2 is 1.95 bits per heavy atom. The van der Waals surface area contributed by atoms with Crippen LogP contribution in [0.3, 0.4) is 0 Å². The van der Waals surface area contributed by atoms with Crippen LogP contribution in [0.5, 0.6) is 0 Å². The summed E-state index contributed by atoms with van der Waals surface area (Å²) in [6.07, 6.45) is 0. The Hall–Kier alpha value is -1.72. The van der Waals surface area contributed by atoms with E-state index in [1.807, 2.05) is 7.05 Å².